The first-order valence-corrected chi connectivity index (χ1v) is 13.0. The van der Waals surface area contributed by atoms with Crippen molar-refractivity contribution in [2.24, 2.45) is 0 Å². The van der Waals surface area contributed by atoms with E-state index in [1.54, 1.807) is 0 Å². The van der Waals surface area contributed by atoms with Gasteiger partial charge in [-0.2, -0.15) is 0 Å². The highest BCUT2D eigenvalue weighted by Gasteiger charge is 2.45. The summed E-state index contributed by atoms with van der Waals surface area (Å²) in [5, 5.41) is 1.07. The van der Waals surface area contributed by atoms with Crippen molar-refractivity contribution in [2.45, 2.75) is 56.4 Å². The van der Waals surface area contributed by atoms with Gasteiger partial charge in [-0.15, -0.1) is 0 Å². The monoisotopic (exact) mass is 481 g/mol. The zero-order chi connectivity index (χ0) is 22.6. The van der Waals surface area contributed by atoms with Crippen molar-refractivity contribution >= 4 is 29.1 Å². The van der Waals surface area contributed by atoms with Crippen LogP contribution in [-0.4, -0.2) is 86.2 Å². The van der Waals surface area contributed by atoms with Crippen LogP contribution in [0.3, 0.4) is 0 Å². The van der Waals surface area contributed by atoms with Gasteiger partial charge >= 0.3 is 0 Å². The molecule has 2 saturated heterocycles. The standard InChI is InChI=1S/C25H37Cl2N3O2/c1-28(13-14-29-15-17-32-18-16-29)24(31)25(20-7-8-22(26)23(27)19-20)9-11-30(12-10-25)21-5-3-2-4-6-21/h7-8,19,21H,2-6,9-18H2,1H3. The third-order valence-corrected chi connectivity index (χ3v) is 8.57. The highest BCUT2D eigenvalue weighted by Crippen LogP contribution is 2.41. The molecule has 2 heterocycles. The van der Waals surface area contributed by atoms with Crippen molar-refractivity contribution in [3.63, 3.8) is 0 Å². The zero-order valence-electron chi connectivity index (χ0n) is 19.3. The zero-order valence-corrected chi connectivity index (χ0v) is 20.8. The smallest absolute Gasteiger partial charge is 0.233 e. The second-order valence-corrected chi connectivity index (χ2v) is 10.5. The Kier molecular flexibility index (Phi) is 8.38. The SMILES string of the molecule is CN(CCN1CCOCC1)C(=O)C1(c2ccc(Cl)c(Cl)c2)CCN(C2CCCCC2)CC1. The molecule has 0 N–H and O–H groups in total. The Morgan fingerprint density at radius 3 is 2.41 bits per heavy atom. The average Bonchev–Trinajstić information content (AvgIpc) is 2.85. The van der Waals surface area contributed by atoms with Crippen LogP contribution in [0.15, 0.2) is 18.2 Å². The van der Waals surface area contributed by atoms with Gasteiger partial charge in [-0.05, 0) is 56.5 Å². The van der Waals surface area contributed by atoms with Crippen molar-refractivity contribution in [3.05, 3.63) is 33.8 Å². The Hall–Kier alpha value is -0.850. The number of piperidine rings is 1. The highest BCUT2D eigenvalue weighted by atomic mass is 35.5. The van der Waals surface area contributed by atoms with E-state index in [2.05, 4.69) is 9.80 Å². The van der Waals surface area contributed by atoms with Gasteiger partial charge in [-0.25, -0.2) is 0 Å². The molecule has 7 heteroatoms. The number of likely N-dealkylation sites (N-methyl/N-ethyl adjacent to an activating group) is 1. The third kappa shape index (κ3) is 5.44. The summed E-state index contributed by atoms with van der Waals surface area (Å²) in [4.78, 5) is 20.9. The summed E-state index contributed by atoms with van der Waals surface area (Å²) in [7, 11) is 1.95. The number of rotatable bonds is 6. The van der Waals surface area contributed by atoms with Crippen molar-refractivity contribution in [2.75, 3.05) is 59.5 Å². The molecule has 178 valence electrons. The molecule has 1 aromatic carbocycles. The number of halogens is 2. The maximum absolute atomic E-state index is 14.0. The fourth-order valence-corrected chi connectivity index (χ4v) is 6.02. The van der Waals surface area contributed by atoms with Crippen LogP contribution >= 0.6 is 23.2 Å². The predicted molar refractivity (Wildman–Crippen MR) is 131 cm³/mol. The molecule has 0 unspecified atom stereocenters. The number of morpholine rings is 1. The number of benzene rings is 1. The van der Waals surface area contributed by atoms with E-state index in [-0.39, 0.29) is 5.91 Å². The second-order valence-electron chi connectivity index (χ2n) is 9.72. The van der Waals surface area contributed by atoms with Crippen LogP contribution in [-0.2, 0) is 14.9 Å². The molecule has 1 amide bonds. The highest BCUT2D eigenvalue weighted by molar-refractivity contribution is 6.42. The van der Waals surface area contributed by atoms with Crippen LogP contribution in [0, 0.1) is 0 Å². The minimum atomic E-state index is -0.529. The molecule has 0 atom stereocenters. The van der Waals surface area contributed by atoms with E-state index in [1.165, 1.54) is 32.1 Å². The van der Waals surface area contributed by atoms with Gasteiger partial charge in [0, 0.05) is 39.3 Å². The van der Waals surface area contributed by atoms with E-state index in [4.69, 9.17) is 27.9 Å². The normalized spacial score (nSPS) is 23.2. The molecule has 1 saturated carbocycles. The minimum Gasteiger partial charge on any atom is -0.379 e. The topological polar surface area (TPSA) is 36.0 Å². The lowest BCUT2D eigenvalue weighted by Gasteiger charge is -2.46. The first-order valence-electron chi connectivity index (χ1n) is 12.2. The molecule has 1 aromatic rings. The number of nitrogens with zero attached hydrogens (tertiary/aromatic N) is 3. The lowest BCUT2D eigenvalue weighted by Crippen LogP contribution is -2.55. The molecule has 0 aromatic heterocycles. The quantitative estimate of drug-likeness (QED) is 0.601. The van der Waals surface area contributed by atoms with Crippen molar-refractivity contribution in [1.82, 2.24) is 14.7 Å². The summed E-state index contributed by atoms with van der Waals surface area (Å²) >= 11 is 12.6. The summed E-state index contributed by atoms with van der Waals surface area (Å²) in [5.74, 6) is 0.215. The van der Waals surface area contributed by atoms with Crippen molar-refractivity contribution in [3.8, 4) is 0 Å². The molecule has 32 heavy (non-hydrogen) atoms. The Bertz CT molecular complexity index is 770. The van der Waals surface area contributed by atoms with Crippen LogP contribution in [0.1, 0.15) is 50.5 Å². The van der Waals surface area contributed by atoms with Gasteiger partial charge in [-0.1, -0.05) is 48.5 Å². The fraction of sp³-hybridized carbons (Fsp3) is 0.720. The predicted octanol–water partition coefficient (Wildman–Crippen LogP) is 4.45. The molecule has 1 aliphatic carbocycles. The molecular weight excluding hydrogens is 445 g/mol. The second kappa shape index (κ2) is 11.1. The largest absolute Gasteiger partial charge is 0.379 e. The lowest BCUT2D eigenvalue weighted by atomic mass is 9.71. The van der Waals surface area contributed by atoms with Crippen LogP contribution in [0.4, 0.5) is 0 Å². The van der Waals surface area contributed by atoms with Gasteiger partial charge in [0.15, 0.2) is 0 Å². The summed E-state index contributed by atoms with van der Waals surface area (Å²) in [6.45, 7) is 6.99. The van der Waals surface area contributed by atoms with Gasteiger partial charge in [-0.3, -0.25) is 9.69 Å². The molecule has 4 rings (SSSR count). The maximum Gasteiger partial charge on any atom is 0.233 e. The average molecular weight is 482 g/mol. The van der Waals surface area contributed by atoms with Gasteiger partial charge in [0.1, 0.15) is 0 Å². The molecule has 3 fully saturated rings. The summed E-state index contributed by atoms with van der Waals surface area (Å²) < 4.78 is 5.45. The molecule has 0 spiro atoms. The van der Waals surface area contributed by atoms with E-state index >= 15 is 0 Å². The summed E-state index contributed by atoms with van der Waals surface area (Å²) in [5.41, 5.74) is 0.484. The van der Waals surface area contributed by atoms with E-state index < -0.39 is 5.41 Å². The van der Waals surface area contributed by atoms with Gasteiger partial charge in [0.2, 0.25) is 5.91 Å². The van der Waals surface area contributed by atoms with E-state index in [0.29, 0.717) is 16.1 Å². The number of amides is 1. The number of hydrogen-bond acceptors (Lipinski definition) is 4. The van der Waals surface area contributed by atoms with Crippen LogP contribution in [0.2, 0.25) is 10.0 Å². The molecule has 0 radical (unpaired) electrons. The Balaban J connectivity index is 1.49. The lowest BCUT2D eigenvalue weighted by molar-refractivity contribution is -0.138. The summed E-state index contributed by atoms with van der Waals surface area (Å²) in [6, 6.07) is 6.46. The minimum absolute atomic E-state index is 0.215. The van der Waals surface area contributed by atoms with Crippen molar-refractivity contribution < 1.29 is 9.53 Å². The van der Waals surface area contributed by atoms with E-state index in [9.17, 15) is 4.79 Å². The number of carbonyl (C=O) groups is 1. The maximum atomic E-state index is 14.0. The first kappa shape index (κ1) is 24.3. The van der Waals surface area contributed by atoms with Gasteiger partial charge in [0.05, 0.1) is 28.7 Å². The van der Waals surface area contributed by atoms with Crippen LogP contribution < -0.4 is 0 Å². The van der Waals surface area contributed by atoms with Crippen LogP contribution in [0.5, 0.6) is 0 Å². The number of carbonyl (C=O) groups excluding carboxylic acids is 1. The fourth-order valence-electron chi connectivity index (χ4n) is 5.72. The molecule has 5 nitrogen and oxygen atoms in total. The molecule has 3 aliphatic rings. The molecule has 2 aliphatic heterocycles. The van der Waals surface area contributed by atoms with Gasteiger partial charge < -0.3 is 14.5 Å². The number of likely N-dealkylation sites (tertiary alicyclic amines) is 1. The molecule has 0 bridgehead atoms. The van der Waals surface area contributed by atoms with E-state index in [1.807, 2.05) is 30.1 Å². The van der Waals surface area contributed by atoms with Crippen molar-refractivity contribution in [1.29, 1.82) is 0 Å². The van der Waals surface area contributed by atoms with Crippen LogP contribution in [0.25, 0.3) is 0 Å². The van der Waals surface area contributed by atoms with E-state index in [0.717, 1.165) is 70.9 Å². The molecular formula is C25H37Cl2N3O2. The number of hydrogen-bond donors (Lipinski definition) is 0. The number of ether oxygens (including phenoxy) is 1. The first-order chi connectivity index (χ1) is 15.5. The van der Waals surface area contributed by atoms with Gasteiger partial charge in [0.25, 0.3) is 0 Å². The Morgan fingerprint density at radius 2 is 1.75 bits per heavy atom. The Morgan fingerprint density at radius 1 is 1.06 bits per heavy atom. The summed E-state index contributed by atoms with van der Waals surface area (Å²) in [6.07, 6.45) is 8.30. The Labute approximate surface area is 203 Å². The third-order valence-electron chi connectivity index (χ3n) is 7.83.